The molecule has 1 fully saturated rings. The molecule has 1 heterocycles. The Morgan fingerprint density at radius 1 is 0.938 bits per heavy atom. The van der Waals surface area contributed by atoms with E-state index in [1.165, 1.54) is 9.69 Å². The average molecular weight is 451 g/mol. The van der Waals surface area contributed by atoms with E-state index in [0.717, 1.165) is 29.4 Å². The van der Waals surface area contributed by atoms with Gasteiger partial charge in [0, 0.05) is 19.6 Å². The molecular formula is C26H30N2O3S. The Morgan fingerprint density at radius 3 is 2.50 bits per heavy atom. The number of carbonyl (C=O) groups excluding carboxylic acids is 1. The number of carbonyl (C=O) groups is 1. The van der Waals surface area contributed by atoms with E-state index in [2.05, 4.69) is 29.6 Å². The molecular weight excluding hydrogens is 420 g/mol. The zero-order valence-corrected chi connectivity index (χ0v) is 19.1. The SMILES string of the molecule is O=C(NCc1ccc2ccccc2c1)[C@@H]1CCCN(S(=O)(=O)CCCc2ccccc2)C1. The van der Waals surface area contributed by atoms with Crippen molar-refractivity contribution in [2.75, 3.05) is 18.8 Å². The van der Waals surface area contributed by atoms with Gasteiger partial charge < -0.3 is 5.32 Å². The summed E-state index contributed by atoms with van der Waals surface area (Å²) in [4.78, 5) is 12.8. The van der Waals surface area contributed by atoms with Crippen LogP contribution in [0.5, 0.6) is 0 Å². The minimum Gasteiger partial charge on any atom is -0.352 e. The molecule has 0 unspecified atom stereocenters. The summed E-state index contributed by atoms with van der Waals surface area (Å²) in [6.07, 6.45) is 2.76. The Morgan fingerprint density at radius 2 is 1.69 bits per heavy atom. The highest BCUT2D eigenvalue weighted by atomic mass is 32.2. The molecule has 0 aliphatic carbocycles. The van der Waals surface area contributed by atoms with E-state index in [0.29, 0.717) is 25.9 Å². The number of rotatable bonds is 8. The molecule has 0 spiro atoms. The highest BCUT2D eigenvalue weighted by Crippen LogP contribution is 2.21. The monoisotopic (exact) mass is 450 g/mol. The van der Waals surface area contributed by atoms with Crippen LogP contribution in [0.15, 0.2) is 72.8 Å². The van der Waals surface area contributed by atoms with Crippen molar-refractivity contribution in [1.82, 2.24) is 9.62 Å². The third-order valence-electron chi connectivity index (χ3n) is 6.14. The lowest BCUT2D eigenvalue weighted by molar-refractivity contribution is -0.126. The van der Waals surface area contributed by atoms with E-state index in [9.17, 15) is 13.2 Å². The molecule has 6 heteroatoms. The van der Waals surface area contributed by atoms with Crippen molar-refractivity contribution in [1.29, 1.82) is 0 Å². The Bertz CT molecular complexity index is 1160. The Balaban J connectivity index is 1.29. The molecule has 3 aromatic carbocycles. The summed E-state index contributed by atoms with van der Waals surface area (Å²) in [7, 11) is -3.36. The van der Waals surface area contributed by atoms with Crippen molar-refractivity contribution in [3.8, 4) is 0 Å². The largest absolute Gasteiger partial charge is 0.352 e. The molecule has 32 heavy (non-hydrogen) atoms. The first kappa shape index (κ1) is 22.5. The summed E-state index contributed by atoms with van der Waals surface area (Å²) in [6.45, 7) is 1.23. The second-order valence-corrected chi connectivity index (χ2v) is 10.6. The number of hydrogen-bond acceptors (Lipinski definition) is 3. The van der Waals surface area contributed by atoms with Gasteiger partial charge in [-0.2, -0.15) is 0 Å². The van der Waals surface area contributed by atoms with Crippen LogP contribution in [0.2, 0.25) is 0 Å². The fraction of sp³-hybridized carbons (Fsp3) is 0.346. The van der Waals surface area contributed by atoms with Gasteiger partial charge in [-0.15, -0.1) is 0 Å². The standard InChI is InChI=1S/C26H30N2O3S/c29-26(27-19-22-14-15-23-11-4-5-12-24(23)18-22)25-13-6-16-28(20-25)32(30,31)17-7-10-21-8-2-1-3-9-21/h1-5,8-9,11-12,14-15,18,25H,6-7,10,13,16-17,19-20H2,(H,27,29)/t25-/m1/s1. The van der Waals surface area contributed by atoms with Gasteiger partial charge in [-0.3, -0.25) is 4.79 Å². The Hall–Kier alpha value is -2.70. The van der Waals surface area contributed by atoms with Gasteiger partial charge in [-0.1, -0.05) is 66.7 Å². The average Bonchev–Trinajstić information content (AvgIpc) is 2.83. The fourth-order valence-corrected chi connectivity index (χ4v) is 5.91. The molecule has 168 valence electrons. The van der Waals surface area contributed by atoms with Crippen LogP contribution < -0.4 is 5.32 Å². The third-order valence-corrected chi connectivity index (χ3v) is 8.06. The summed E-state index contributed by atoms with van der Waals surface area (Å²) in [5.74, 6) is -0.247. The number of benzene rings is 3. The van der Waals surface area contributed by atoms with Crippen LogP contribution in [0.4, 0.5) is 0 Å². The van der Waals surface area contributed by atoms with Crippen LogP contribution in [-0.4, -0.2) is 37.5 Å². The van der Waals surface area contributed by atoms with Crippen LogP contribution in [0.25, 0.3) is 10.8 Å². The topological polar surface area (TPSA) is 66.5 Å². The molecule has 3 aromatic rings. The van der Waals surface area contributed by atoms with Crippen LogP contribution >= 0.6 is 0 Å². The molecule has 0 aromatic heterocycles. The summed E-state index contributed by atoms with van der Waals surface area (Å²) < 4.78 is 27.2. The number of sulfonamides is 1. The van der Waals surface area contributed by atoms with Crippen molar-refractivity contribution in [2.24, 2.45) is 5.92 Å². The molecule has 0 saturated carbocycles. The van der Waals surface area contributed by atoms with Gasteiger partial charge in [0.2, 0.25) is 15.9 Å². The first-order valence-electron chi connectivity index (χ1n) is 11.3. The Kier molecular flexibility index (Phi) is 7.22. The molecule has 0 radical (unpaired) electrons. The van der Waals surface area contributed by atoms with Crippen molar-refractivity contribution < 1.29 is 13.2 Å². The summed E-state index contributed by atoms with van der Waals surface area (Å²) >= 11 is 0. The third kappa shape index (κ3) is 5.75. The van der Waals surface area contributed by atoms with Crippen LogP contribution in [-0.2, 0) is 27.8 Å². The van der Waals surface area contributed by atoms with E-state index in [-0.39, 0.29) is 24.1 Å². The summed E-state index contributed by atoms with van der Waals surface area (Å²) in [6, 6.07) is 24.2. The maximum atomic E-state index is 12.8. The number of nitrogens with one attached hydrogen (secondary N) is 1. The quantitative estimate of drug-likeness (QED) is 0.561. The lowest BCUT2D eigenvalue weighted by Crippen LogP contribution is -2.46. The van der Waals surface area contributed by atoms with Crippen molar-refractivity contribution >= 4 is 26.7 Å². The lowest BCUT2D eigenvalue weighted by Gasteiger charge is -2.31. The molecule has 1 aliphatic heterocycles. The normalized spacial score (nSPS) is 17.3. The number of aryl methyl sites for hydroxylation is 1. The van der Waals surface area contributed by atoms with Gasteiger partial charge in [0.25, 0.3) is 0 Å². The van der Waals surface area contributed by atoms with Crippen molar-refractivity contribution in [3.63, 3.8) is 0 Å². The van der Waals surface area contributed by atoms with E-state index < -0.39 is 10.0 Å². The second kappa shape index (κ2) is 10.3. The number of amides is 1. The first-order chi connectivity index (χ1) is 15.5. The van der Waals surface area contributed by atoms with Gasteiger partial charge in [0.15, 0.2) is 0 Å². The highest BCUT2D eigenvalue weighted by molar-refractivity contribution is 7.89. The summed E-state index contributed by atoms with van der Waals surface area (Å²) in [5.41, 5.74) is 2.19. The molecule has 1 atom stereocenters. The molecule has 5 nitrogen and oxygen atoms in total. The predicted molar refractivity (Wildman–Crippen MR) is 129 cm³/mol. The number of nitrogens with zero attached hydrogens (tertiary/aromatic N) is 1. The fourth-order valence-electron chi connectivity index (χ4n) is 4.32. The minimum absolute atomic E-state index is 0.0673. The van der Waals surface area contributed by atoms with E-state index in [1.807, 2.05) is 48.5 Å². The van der Waals surface area contributed by atoms with Gasteiger partial charge in [0.1, 0.15) is 0 Å². The number of hydrogen-bond donors (Lipinski definition) is 1. The predicted octanol–water partition coefficient (Wildman–Crippen LogP) is 4.13. The van der Waals surface area contributed by atoms with Gasteiger partial charge in [-0.25, -0.2) is 12.7 Å². The van der Waals surface area contributed by atoms with Crippen LogP contribution in [0.3, 0.4) is 0 Å². The molecule has 4 rings (SSSR count). The second-order valence-electron chi connectivity index (χ2n) is 8.50. The molecule has 1 amide bonds. The maximum absolute atomic E-state index is 12.8. The molecule has 1 saturated heterocycles. The molecule has 1 N–H and O–H groups in total. The lowest BCUT2D eigenvalue weighted by atomic mass is 9.98. The van der Waals surface area contributed by atoms with E-state index in [1.54, 1.807) is 0 Å². The van der Waals surface area contributed by atoms with Gasteiger partial charge >= 0.3 is 0 Å². The zero-order valence-electron chi connectivity index (χ0n) is 18.2. The smallest absolute Gasteiger partial charge is 0.224 e. The zero-order chi connectivity index (χ0) is 22.4. The van der Waals surface area contributed by atoms with E-state index in [4.69, 9.17) is 0 Å². The van der Waals surface area contributed by atoms with Crippen molar-refractivity contribution in [3.05, 3.63) is 83.9 Å². The number of piperidine rings is 1. The van der Waals surface area contributed by atoms with Gasteiger partial charge in [-0.05, 0) is 53.6 Å². The van der Waals surface area contributed by atoms with E-state index >= 15 is 0 Å². The summed E-state index contributed by atoms with van der Waals surface area (Å²) in [5, 5.41) is 5.32. The molecule has 1 aliphatic rings. The first-order valence-corrected chi connectivity index (χ1v) is 12.9. The van der Waals surface area contributed by atoms with Gasteiger partial charge in [0.05, 0.1) is 11.7 Å². The van der Waals surface area contributed by atoms with Crippen molar-refractivity contribution in [2.45, 2.75) is 32.2 Å². The minimum atomic E-state index is -3.36. The van der Waals surface area contributed by atoms with Crippen LogP contribution in [0.1, 0.15) is 30.4 Å². The maximum Gasteiger partial charge on any atom is 0.224 e. The van der Waals surface area contributed by atoms with Crippen LogP contribution in [0, 0.1) is 5.92 Å². The highest BCUT2D eigenvalue weighted by Gasteiger charge is 2.31. The number of fused-ring (bicyclic) bond motifs is 1. The molecule has 0 bridgehead atoms. The Labute approximate surface area is 190 Å².